The molecule has 0 saturated carbocycles. The van der Waals surface area contributed by atoms with Gasteiger partial charge in [0.2, 0.25) is 0 Å². The molecule has 94 valence electrons. The van der Waals surface area contributed by atoms with Gasteiger partial charge in [0.25, 0.3) is 0 Å². The van der Waals surface area contributed by atoms with Crippen molar-refractivity contribution in [1.82, 2.24) is 10.2 Å². The number of nitrogens with one attached hydrogen (secondary N) is 1. The molecule has 3 heteroatoms. The van der Waals surface area contributed by atoms with Crippen LogP contribution in [0.4, 0.5) is 0 Å². The zero-order valence-corrected chi connectivity index (χ0v) is 11.6. The average Bonchev–Trinajstić information content (AvgIpc) is 2.80. The third-order valence-corrected chi connectivity index (χ3v) is 5.21. The van der Waals surface area contributed by atoms with E-state index in [1.807, 2.05) is 0 Å². The number of hydrogen-bond acceptors (Lipinski definition) is 3. The highest BCUT2D eigenvalue weighted by molar-refractivity contribution is 7.99. The second-order valence-electron chi connectivity index (χ2n) is 5.54. The van der Waals surface area contributed by atoms with Crippen LogP contribution in [0.15, 0.2) is 0 Å². The number of likely N-dealkylation sites (tertiary alicyclic amines) is 1. The standard InChI is InChI=1S/C13H26N2S/c1-11(2)15-6-3-13(4-7-15)14-9-12-5-8-16-10-12/h11-14H,3-10H2,1-2H3. The van der Waals surface area contributed by atoms with Gasteiger partial charge in [0.1, 0.15) is 0 Å². The minimum atomic E-state index is 0.729. The number of rotatable bonds is 4. The number of nitrogens with zero attached hydrogens (tertiary/aromatic N) is 1. The molecule has 0 bridgehead atoms. The van der Waals surface area contributed by atoms with Crippen molar-refractivity contribution < 1.29 is 0 Å². The largest absolute Gasteiger partial charge is 0.314 e. The van der Waals surface area contributed by atoms with E-state index in [4.69, 9.17) is 0 Å². The van der Waals surface area contributed by atoms with Crippen molar-refractivity contribution in [3.63, 3.8) is 0 Å². The van der Waals surface area contributed by atoms with Crippen molar-refractivity contribution in [3.05, 3.63) is 0 Å². The van der Waals surface area contributed by atoms with Gasteiger partial charge in [-0.25, -0.2) is 0 Å². The Hall–Kier alpha value is 0.270. The van der Waals surface area contributed by atoms with E-state index in [1.54, 1.807) is 0 Å². The Bertz CT molecular complexity index is 194. The van der Waals surface area contributed by atoms with E-state index in [9.17, 15) is 0 Å². The summed E-state index contributed by atoms with van der Waals surface area (Å²) in [6.07, 6.45) is 4.12. The van der Waals surface area contributed by atoms with Crippen LogP contribution in [0.3, 0.4) is 0 Å². The molecular weight excluding hydrogens is 216 g/mol. The van der Waals surface area contributed by atoms with Gasteiger partial charge in [0.15, 0.2) is 0 Å². The van der Waals surface area contributed by atoms with Crippen molar-refractivity contribution in [2.75, 3.05) is 31.1 Å². The maximum Gasteiger partial charge on any atom is 0.00915 e. The quantitative estimate of drug-likeness (QED) is 0.814. The molecular formula is C13H26N2S. The molecule has 2 aliphatic heterocycles. The normalized spacial score (nSPS) is 29.1. The topological polar surface area (TPSA) is 15.3 Å². The molecule has 0 aliphatic carbocycles. The molecule has 0 aromatic carbocycles. The first-order valence-electron chi connectivity index (χ1n) is 6.81. The van der Waals surface area contributed by atoms with Crippen LogP contribution < -0.4 is 5.32 Å². The van der Waals surface area contributed by atoms with Gasteiger partial charge in [0.05, 0.1) is 0 Å². The van der Waals surface area contributed by atoms with Crippen molar-refractivity contribution in [1.29, 1.82) is 0 Å². The molecule has 0 spiro atoms. The fourth-order valence-electron chi connectivity index (χ4n) is 2.70. The van der Waals surface area contributed by atoms with Crippen LogP contribution in [-0.4, -0.2) is 48.1 Å². The molecule has 2 saturated heterocycles. The lowest BCUT2D eigenvalue weighted by atomic mass is 10.0. The van der Waals surface area contributed by atoms with E-state index < -0.39 is 0 Å². The molecule has 2 rings (SSSR count). The third-order valence-electron chi connectivity index (χ3n) is 3.98. The molecule has 2 aliphatic rings. The van der Waals surface area contributed by atoms with Crippen LogP contribution in [0.1, 0.15) is 33.1 Å². The van der Waals surface area contributed by atoms with Crippen molar-refractivity contribution >= 4 is 11.8 Å². The van der Waals surface area contributed by atoms with Gasteiger partial charge in [0, 0.05) is 12.1 Å². The lowest BCUT2D eigenvalue weighted by molar-refractivity contribution is 0.160. The first kappa shape index (κ1) is 12.7. The van der Waals surface area contributed by atoms with Crippen LogP contribution in [-0.2, 0) is 0 Å². The van der Waals surface area contributed by atoms with Gasteiger partial charge in [-0.1, -0.05) is 0 Å². The van der Waals surface area contributed by atoms with Crippen LogP contribution in [0.5, 0.6) is 0 Å². The summed E-state index contributed by atoms with van der Waals surface area (Å²) < 4.78 is 0. The van der Waals surface area contributed by atoms with Gasteiger partial charge in [-0.15, -0.1) is 0 Å². The van der Waals surface area contributed by atoms with E-state index in [-0.39, 0.29) is 0 Å². The third kappa shape index (κ3) is 3.64. The second kappa shape index (κ2) is 6.27. The SMILES string of the molecule is CC(C)N1CCC(NCC2CCSC2)CC1. The van der Waals surface area contributed by atoms with Crippen LogP contribution in [0.25, 0.3) is 0 Å². The molecule has 1 unspecified atom stereocenters. The summed E-state index contributed by atoms with van der Waals surface area (Å²) in [6, 6.07) is 1.52. The maximum absolute atomic E-state index is 3.78. The van der Waals surface area contributed by atoms with E-state index in [0.29, 0.717) is 0 Å². The average molecular weight is 242 g/mol. The van der Waals surface area contributed by atoms with Crippen molar-refractivity contribution in [3.8, 4) is 0 Å². The highest BCUT2D eigenvalue weighted by atomic mass is 32.2. The first-order chi connectivity index (χ1) is 7.75. The van der Waals surface area contributed by atoms with Gasteiger partial charge in [-0.2, -0.15) is 11.8 Å². The predicted molar refractivity (Wildman–Crippen MR) is 73.2 cm³/mol. The lowest BCUT2D eigenvalue weighted by Crippen LogP contribution is -2.46. The monoisotopic (exact) mass is 242 g/mol. The zero-order valence-electron chi connectivity index (χ0n) is 10.7. The fraction of sp³-hybridized carbons (Fsp3) is 1.00. The summed E-state index contributed by atoms with van der Waals surface area (Å²) in [4.78, 5) is 2.60. The molecule has 2 heterocycles. The summed E-state index contributed by atoms with van der Waals surface area (Å²) in [7, 11) is 0. The molecule has 2 nitrogen and oxygen atoms in total. The molecule has 2 fully saturated rings. The summed E-state index contributed by atoms with van der Waals surface area (Å²) in [5, 5.41) is 3.78. The minimum Gasteiger partial charge on any atom is -0.314 e. The number of hydrogen-bond donors (Lipinski definition) is 1. The summed E-state index contributed by atoms with van der Waals surface area (Å²) >= 11 is 2.12. The van der Waals surface area contributed by atoms with Gasteiger partial charge < -0.3 is 10.2 Å². The summed E-state index contributed by atoms with van der Waals surface area (Å²) in [6.45, 7) is 8.45. The Morgan fingerprint density at radius 3 is 2.56 bits per heavy atom. The predicted octanol–water partition coefficient (Wildman–Crippen LogP) is 2.20. The van der Waals surface area contributed by atoms with Crippen molar-refractivity contribution in [2.24, 2.45) is 5.92 Å². The minimum absolute atomic E-state index is 0.729. The molecule has 1 atom stereocenters. The molecule has 16 heavy (non-hydrogen) atoms. The Morgan fingerprint density at radius 2 is 2.00 bits per heavy atom. The maximum atomic E-state index is 3.78. The van der Waals surface area contributed by atoms with Crippen LogP contribution in [0, 0.1) is 5.92 Å². The molecule has 0 radical (unpaired) electrons. The number of piperidine rings is 1. The Balaban J connectivity index is 1.61. The van der Waals surface area contributed by atoms with E-state index in [2.05, 4.69) is 35.8 Å². The number of thioether (sulfide) groups is 1. The van der Waals surface area contributed by atoms with Crippen molar-refractivity contribution in [2.45, 2.75) is 45.2 Å². The van der Waals surface area contributed by atoms with E-state index >= 15 is 0 Å². The molecule has 0 amide bonds. The second-order valence-corrected chi connectivity index (χ2v) is 6.69. The smallest absolute Gasteiger partial charge is 0.00915 e. The highest BCUT2D eigenvalue weighted by Gasteiger charge is 2.22. The fourth-order valence-corrected chi connectivity index (χ4v) is 3.98. The summed E-state index contributed by atoms with van der Waals surface area (Å²) in [5.41, 5.74) is 0. The van der Waals surface area contributed by atoms with Gasteiger partial charge >= 0.3 is 0 Å². The Labute approximate surface area is 105 Å². The lowest BCUT2D eigenvalue weighted by Gasteiger charge is -2.35. The van der Waals surface area contributed by atoms with E-state index in [1.165, 1.54) is 50.4 Å². The zero-order chi connectivity index (χ0) is 11.4. The van der Waals surface area contributed by atoms with Crippen LogP contribution >= 0.6 is 11.8 Å². The van der Waals surface area contributed by atoms with Gasteiger partial charge in [-0.05, 0) is 70.2 Å². The molecule has 0 aromatic heterocycles. The first-order valence-corrected chi connectivity index (χ1v) is 7.96. The highest BCUT2D eigenvalue weighted by Crippen LogP contribution is 2.23. The summed E-state index contributed by atoms with van der Waals surface area (Å²) in [5.74, 6) is 3.73. The van der Waals surface area contributed by atoms with E-state index in [0.717, 1.165) is 18.0 Å². The molecule has 0 aromatic rings. The van der Waals surface area contributed by atoms with Gasteiger partial charge in [-0.3, -0.25) is 0 Å². The Kier molecular flexibility index (Phi) is 4.98. The Morgan fingerprint density at radius 1 is 1.25 bits per heavy atom. The van der Waals surface area contributed by atoms with Crippen LogP contribution in [0.2, 0.25) is 0 Å². The molecule has 1 N–H and O–H groups in total.